The Hall–Kier alpha value is -2.08. The van der Waals surface area contributed by atoms with E-state index in [0.29, 0.717) is 12.4 Å². The quantitative estimate of drug-likeness (QED) is 0.793. The van der Waals surface area contributed by atoms with E-state index in [0.717, 1.165) is 13.0 Å². The zero-order chi connectivity index (χ0) is 13.7. The number of nitrogens with one attached hydrogen (secondary N) is 1. The molecule has 2 aromatic rings. The normalized spacial score (nSPS) is 10.4. The number of carboxylic acid groups (broad SMARTS) is 1. The lowest BCUT2D eigenvalue weighted by Crippen LogP contribution is -2.10. The first-order valence-electron chi connectivity index (χ1n) is 5.78. The molecule has 2 N–H and O–H groups in total. The van der Waals surface area contributed by atoms with E-state index in [9.17, 15) is 4.79 Å². The predicted octanol–water partition coefficient (Wildman–Crippen LogP) is 2.13. The summed E-state index contributed by atoms with van der Waals surface area (Å²) < 4.78 is 1.83. The number of rotatable bonds is 6. The summed E-state index contributed by atoms with van der Waals surface area (Å²) in [4.78, 5) is 14.8. The molecular weight excluding hydrogens is 268 g/mol. The lowest BCUT2D eigenvalue weighted by molar-refractivity contribution is 0.0691. The fourth-order valence-electron chi connectivity index (χ4n) is 1.58. The minimum absolute atomic E-state index is 0.134. The van der Waals surface area contributed by atoms with Crippen LogP contribution in [0.1, 0.15) is 16.9 Å². The van der Waals surface area contributed by atoms with Gasteiger partial charge < -0.3 is 10.4 Å². The van der Waals surface area contributed by atoms with Gasteiger partial charge in [-0.3, -0.25) is 4.68 Å². The number of pyridine rings is 1. The molecule has 6 nitrogen and oxygen atoms in total. The predicted molar refractivity (Wildman–Crippen MR) is 71.5 cm³/mol. The second kappa shape index (κ2) is 6.19. The lowest BCUT2D eigenvalue weighted by atomic mass is 10.3. The number of aryl methyl sites for hydroxylation is 1. The summed E-state index contributed by atoms with van der Waals surface area (Å²) in [7, 11) is 0. The van der Waals surface area contributed by atoms with Gasteiger partial charge >= 0.3 is 5.97 Å². The zero-order valence-electron chi connectivity index (χ0n) is 10.1. The number of anilines is 1. The van der Waals surface area contributed by atoms with E-state index in [1.54, 1.807) is 12.3 Å². The fourth-order valence-corrected chi connectivity index (χ4v) is 1.77. The minimum Gasteiger partial charge on any atom is -0.476 e. The van der Waals surface area contributed by atoms with Crippen LogP contribution in [-0.2, 0) is 6.54 Å². The minimum atomic E-state index is -1.13. The highest BCUT2D eigenvalue weighted by Crippen LogP contribution is 2.16. The number of aromatic nitrogens is 3. The third-order valence-electron chi connectivity index (χ3n) is 2.48. The average molecular weight is 281 g/mol. The first-order chi connectivity index (χ1) is 9.16. The maximum Gasteiger partial charge on any atom is 0.356 e. The lowest BCUT2D eigenvalue weighted by Gasteiger charge is -2.07. The maximum absolute atomic E-state index is 10.9. The van der Waals surface area contributed by atoms with Crippen LogP contribution in [0.2, 0.25) is 5.02 Å². The van der Waals surface area contributed by atoms with Gasteiger partial charge in [-0.15, -0.1) is 0 Å². The number of aromatic carboxylic acids is 1. The molecule has 19 heavy (non-hydrogen) atoms. The summed E-state index contributed by atoms with van der Waals surface area (Å²) in [5.74, 6) is -0.632. The third-order valence-corrected chi connectivity index (χ3v) is 2.78. The van der Waals surface area contributed by atoms with Crippen molar-refractivity contribution in [2.24, 2.45) is 0 Å². The van der Waals surface area contributed by atoms with Crippen molar-refractivity contribution in [3.05, 3.63) is 41.3 Å². The van der Waals surface area contributed by atoms with Gasteiger partial charge in [-0.25, -0.2) is 9.78 Å². The molecule has 0 amide bonds. The van der Waals surface area contributed by atoms with Crippen molar-refractivity contribution >= 4 is 23.4 Å². The maximum atomic E-state index is 10.9. The van der Waals surface area contributed by atoms with Crippen LogP contribution in [0.15, 0.2) is 30.6 Å². The summed E-state index contributed by atoms with van der Waals surface area (Å²) in [5, 5.41) is 16.2. The molecule has 2 aromatic heterocycles. The Morgan fingerprint density at radius 1 is 1.47 bits per heavy atom. The van der Waals surface area contributed by atoms with E-state index in [2.05, 4.69) is 15.4 Å². The van der Waals surface area contributed by atoms with Crippen molar-refractivity contribution in [1.29, 1.82) is 0 Å². The molecule has 0 saturated heterocycles. The van der Waals surface area contributed by atoms with Gasteiger partial charge in [0, 0.05) is 25.5 Å². The number of halogens is 1. The van der Waals surface area contributed by atoms with E-state index in [4.69, 9.17) is 16.7 Å². The van der Waals surface area contributed by atoms with Gasteiger partial charge in [0.1, 0.15) is 5.82 Å². The van der Waals surface area contributed by atoms with E-state index in [-0.39, 0.29) is 10.7 Å². The number of carbonyl (C=O) groups is 1. The van der Waals surface area contributed by atoms with Crippen LogP contribution in [0.3, 0.4) is 0 Å². The van der Waals surface area contributed by atoms with Gasteiger partial charge in [0.05, 0.1) is 5.02 Å². The summed E-state index contributed by atoms with van der Waals surface area (Å²) in [5.41, 5.74) is -0.140. The molecule has 0 unspecified atom stereocenters. The Labute approximate surface area is 115 Å². The Morgan fingerprint density at radius 3 is 3.00 bits per heavy atom. The van der Waals surface area contributed by atoms with Crippen LogP contribution in [0, 0.1) is 0 Å². The topological polar surface area (TPSA) is 80.0 Å². The molecule has 0 radical (unpaired) electrons. The summed E-state index contributed by atoms with van der Waals surface area (Å²) >= 11 is 5.74. The second-order valence-corrected chi connectivity index (χ2v) is 4.29. The second-order valence-electron chi connectivity index (χ2n) is 3.88. The van der Waals surface area contributed by atoms with E-state index < -0.39 is 5.97 Å². The SMILES string of the molecule is O=C(O)c1nc(NCCCn2cccn2)ccc1Cl. The third kappa shape index (κ3) is 3.69. The van der Waals surface area contributed by atoms with Crippen LogP contribution in [0.4, 0.5) is 5.82 Å². The molecule has 7 heteroatoms. The van der Waals surface area contributed by atoms with E-state index >= 15 is 0 Å². The van der Waals surface area contributed by atoms with Gasteiger partial charge in [0.15, 0.2) is 5.69 Å². The highest BCUT2D eigenvalue weighted by Gasteiger charge is 2.10. The van der Waals surface area contributed by atoms with Crippen LogP contribution in [0.5, 0.6) is 0 Å². The summed E-state index contributed by atoms with van der Waals surface area (Å²) in [6, 6.07) is 5.05. The first-order valence-corrected chi connectivity index (χ1v) is 6.16. The number of hydrogen-bond donors (Lipinski definition) is 2. The molecule has 0 aliphatic rings. The van der Waals surface area contributed by atoms with Crippen LogP contribution in [0.25, 0.3) is 0 Å². The van der Waals surface area contributed by atoms with Crippen molar-refractivity contribution in [3.63, 3.8) is 0 Å². The first kappa shape index (κ1) is 13.4. The Morgan fingerprint density at radius 2 is 2.32 bits per heavy atom. The average Bonchev–Trinajstić information content (AvgIpc) is 2.89. The molecule has 0 atom stereocenters. The summed E-state index contributed by atoms with van der Waals surface area (Å²) in [6.07, 6.45) is 4.48. The summed E-state index contributed by atoms with van der Waals surface area (Å²) in [6.45, 7) is 1.47. The van der Waals surface area contributed by atoms with Gasteiger partial charge in [0.2, 0.25) is 0 Å². The Kier molecular flexibility index (Phi) is 4.35. The molecule has 0 aliphatic carbocycles. The smallest absolute Gasteiger partial charge is 0.356 e. The highest BCUT2D eigenvalue weighted by molar-refractivity contribution is 6.33. The molecule has 2 rings (SSSR count). The molecule has 0 aliphatic heterocycles. The fraction of sp³-hybridized carbons (Fsp3) is 0.250. The van der Waals surface area contributed by atoms with Gasteiger partial charge in [-0.05, 0) is 24.6 Å². The molecule has 0 fully saturated rings. The highest BCUT2D eigenvalue weighted by atomic mass is 35.5. The molecule has 0 saturated carbocycles. The zero-order valence-corrected chi connectivity index (χ0v) is 10.8. The van der Waals surface area contributed by atoms with Gasteiger partial charge in [0.25, 0.3) is 0 Å². The van der Waals surface area contributed by atoms with Crippen molar-refractivity contribution in [2.45, 2.75) is 13.0 Å². The number of hydrogen-bond acceptors (Lipinski definition) is 4. The Bertz CT molecular complexity index is 557. The van der Waals surface area contributed by atoms with Crippen LogP contribution in [-0.4, -0.2) is 32.4 Å². The molecule has 0 bridgehead atoms. The van der Waals surface area contributed by atoms with Crippen molar-refractivity contribution in [2.75, 3.05) is 11.9 Å². The largest absolute Gasteiger partial charge is 0.476 e. The number of carboxylic acids is 1. The molecule has 100 valence electrons. The van der Waals surface area contributed by atoms with Crippen molar-refractivity contribution in [3.8, 4) is 0 Å². The van der Waals surface area contributed by atoms with E-state index in [1.807, 2.05) is 16.9 Å². The number of nitrogens with zero attached hydrogens (tertiary/aromatic N) is 3. The van der Waals surface area contributed by atoms with Crippen LogP contribution < -0.4 is 5.32 Å². The van der Waals surface area contributed by atoms with Crippen LogP contribution >= 0.6 is 11.6 Å². The molecular formula is C12H13ClN4O2. The molecule has 0 spiro atoms. The molecule has 2 heterocycles. The Balaban J connectivity index is 1.86. The van der Waals surface area contributed by atoms with Crippen molar-refractivity contribution < 1.29 is 9.90 Å². The van der Waals surface area contributed by atoms with Crippen molar-refractivity contribution in [1.82, 2.24) is 14.8 Å². The van der Waals surface area contributed by atoms with Gasteiger partial charge in [-0.1, -0.05) is 11.6 Å². The van der Waals surface area contributed by atoms with Gasteiger partial charge in [-0.2, -0.15) is 5.10 Å². The standard InChI is InChI=1S/C12H13ClN4O2/c13-9-3-4-10(16-11(9)12(18)19)14-5-1-7-17-8-2-6-15-17/h2-4,6,8H,1,5,7H2,(H,14,16)(H,18,19). The monoisotopic (exact) mass is 280 g/mol. The van der Waals surface area contributed by atoms with E-state index in [1.165, 1.54) is 6.07 Å². The molecule has 0 aromatic carbocycles.